The zero-order valence-electron chi connectivity index (χ0n) is 12.0. The van der Waals surface area contributed by atoms with Crippen LogP contribution in [0.5, 0.6) is 0 Å². The summed E-state index contributed by atoms with van der Waals surface area (Å²) in [7, 11) is 0. The number of carbonyl (C=O) groups excluding carboxylic acids is 1. The van der Waals surface area contributed by atoms with Gasteiger partial charge in [-0.3, -0.25) is 4.79 Å². The van der Waals surface area contributed by atoms with Gasteiger partial charge in [0.05, 0.1) is 5.69 Å². The van der Waals surface area contributed by atoms with Crippen LogP contribution in [0.4, 0.5) is 5.69 Å². The van der Waals surface area contributed by atoms with Gasteiger partial charge in [0.1, 0.15) is 5.69 Å². The van der Waals surface area contributed by atoms with Gasteiger partial charge in [0.25, 0.3) is 5.91 Å². The largest absolute Gasteiger partial charge is 0.397 e. The number of rotatable bonds is 6. The maximum absolute atomic E-state index is 12.3. The number of aryl methyl sites for hydroxylation is 1. The summed E-state index contributed by atoms with van der Waals surface area (Å²) in [6, 6.07) is 1.77. The van der Waals surface area contributed by atoms with Crippen LogP contribution in [0.15, 0.2) is 12.3 Å². The lowest BCUT2D eigenvalue weighted by Gasteiger charge is -2.41. The minimum absolute atomic E-state index is 0.00451. The summed E-state index contributed by atoms with van der Waals surface area (Å²) in [5.74, 6) is 0.00451. The molecule has 4 nitrogen and oxygen atoms in total. The van der Waals surface area contributed by atoms with Gasteiger partial charge in [-0.25, -0.2) is 0 Å². The van der Waals surface area contributed by atoms with Crippen molar-refractivity contribution in [3.63, 3.8) is 0 Å². The van der Waals surface area contributed by atoms with E-state index < -0.39 is 0 Å². The fraction of sp³-hybridized carbons (Fsp3) is 0.667. The number of nitrogens with one attached hydrogen (secondary N) is 1. The molecule has 0 atom stereocenters. The van der Waals surface area contributed by atoms with Gasteiger partial charge in [0.2, 0.25) is 0 Å². The van der Waals surface area contributed by atoms with E-state index in [-0.39, 0.29) is 5.91 Å². The van der Waals surface area contributed by atoms with Crippen LogP contribution in [0, 0.1) is 5.41 Å². The molecule has 0 bridgehead atoms. The first-order valence-corrected chi connectivity index (χ1v) is 7.34. The van der Waals surface area contributed by atoms with Crippen LogP contribution in [0.25, 0.3) is 0 Å². The molecule has 1 aromatic rings. The van der Waals surface area contributed by atoms with Crippen molar-refractivity contribution >= 4 is 11.6 Å². The molecule has 19 heavy (non-hydrogen) atoms. The maximum Gasteiger partial charge on any atom is 0.268 e. The van der Waals surface area contributed by atoms with Crippen molar-refractivity contribution in [2.45, 2.75) is 52.5 Å². The van der Waals surface area contributed by atoms with E-state index in [2.05, 4.69) is 19.2 Å². The topological polar surface area (TPSA) is 60.0 Å². The van der Waals surface area contributed by atoms with Gasteiger partial charge in [-0.1, -0.05) is 20.3 Å². The Balaban J connectivity index is 1.99. The summed E-state index contributed by atoms with van der Waals surface area (Å²) >= 11 is 0. The van der Waals surface area contributed by atoms with Gasteiger partial charge < -0.3 is 15.6 Å². The predicted molar refractivity (Wildman–Crippen MR) is 78.0 cm³/mol. The lowest BCUT2D eigenvalue weighted by atomic mass is 9.67. The number of aromatic nitrogens is 1. The zero-order chi connectivity index (χ0) is 13.9. The number of anilines is 1. The average Bonchev–Trinajstić information content (AvgIpc) is 2.70. The van der Waals surface area contributed by atoms with Crippen LogP contribution in [-0.2, 0) is 6.54 Å². The number of amides is 1. The van der Waals surface area contributed by atoms with E-state index >= 15 is 0 Å². The Labute approximate surface area is 115 Å². The van der Waals surface area contributed by atoms with Gasteiger partial charge in [-0.2, -0.15) is 0 Å². The highest BCUT2D eigenvalue weighted by Crippen LogP contribution is 2.43. The van der Waals surface area contributed by atoms with E-state index in [0.717, 1.165) is 25.9 Å². The van der Waals surface area contributed by atoms with Crippen LogP contribution in [0.2, 0.25) is 0 Å². The van der Waals surface area contributed by atoms with Gasteiger partial charge in [-0.15, -0.1) is 0 Å². The van der Waals surface area contributed by atoms with E-state index in [4.69, 9.17) is 5.73 Å². The number of hydrogen-bond donors (Lipinski definition) is 2. The highest BCUT2D eigenvalue weighted by Gasteiger charge is 2.35. The molecule has 1 aliphatic carbocycles. The molecule has 1 heterocycles. The molecule has 0 unspecified atom stereocenters. The Morgan fingerprint density at radius 2 is 2.21 bits per heavy atom. The molecule has 0 saturated heterocycles. The second-order valence-corrected chi connectivity index (χ2v) is 5.74. The average molecular weight is 263 g/mol. The summed E-state index contributed by atoms with van der Waals surface area (Å²) in [5, 5.41) is 3.09. The van der Waals surface area contributed by atoms with Gasteiger partial charge in [-0.05, 0) is 37.2 Å². The van der Waals surface area contributed by atoms with E-state index in [1.165, 1.54) is 19.3 Å². The third kappa shape index (κ3) is 2.94. The van der Waals surface area contributed by atoms with E-state index in [0.29, 0.717) is 16.8 Å². The van der Waals surface area contributed by atoms with Crippen LogP contribution >= 0.6 is 0 Å². The Kier molecular flexibility index (Phi) is 4.17. The van der Waals surface area contributed by atoms with Crippen molar-refractivity contribution in [2.24, 2.45) is 5.41 Å². The van der Waals surface area contributed by atoms with Crippen molar-refractivity contribution in [3.05, 3.63) is 18.0 Å². The molecule has 2 rings (SSSR count). The van der Waals surface area contributed by atoms with Crippen molar-refractivity contribution < 1.29 is 4.79 Å². The summed E-state index contributed by atoms with van der Waals surface area (Å²) in [6.07, 6.45) is 7.75. The van der Waals surface area contributed by atoms with Crippen molar-refractivity contribution in [3.8, 4) is 0 Å². The third-order valence-electron chi connectivity index (χ3n) is 4.40. The van der Waals surface area contributed by atoms with Crippen molar-refractivity contribution in [1.29, 1.82) is 0 Å². The van der Waals surface area contributed by atoms with Gasteiger partial charge in [0.15, 0.2) is 0 Å². The molecule has 0 aliphatic heterocycles. The Hall–Kier alpha value is -1.45. The maximum atomic E-state index is 12.3. The summed E-state index contributed by atoms with van der Waals surface area (Å²) in [6.45, 7) is 5.93. The monoisotopic (exact) mass is 263 g/mol. The summed E-state index contributed by atoms with van der Waals surface area (Å²) < 4.78 is 1.95. The second-order valence-electron chi connectivity index (χ2n) is 5.74. The lowest BCUT2D eigenvalue weighted by molar-refractivity contribution is 0.0841. The van der Waals surface area contributed by atoms with E-state index in [1.807, 2.05) is 10.8 Å². The molecule has 3 N–H and O–H groups in total. The zero-order valence-corrected chi connectivity index (χ0v) is 12.0. The molecule has 106 valence electrons. The number of nitrogens with zero attached hydrogens (tertiary/aromatic N) is 1. The molecular formula is C15H25N3O. The molecule has 1 aliphatic rings. The van der Waals surface area contributed by atoms with Gasteiger partial charge in [0, 0.05) is 19.3 Å². The Bertz CT molecular complexity index is 441. The summed E-state index contributed by atoms with van der Waals surface area (Å²) in [4.78, 5) is 12.3. The number of hydrogen-bond acceptors (Lipinski definition) is 2. The molecule has 1 fully saturated rings. The molecular weight excluding hydrogens is 238 g/mol. The van der Waals surface area contributed by atoms with E-state index in [1.54, 1.807) is 6.07 Å². The molecule has 0 spiro atoms. The number of carbonyl (C=O) groups is 1. The van der Waals surface area contributed by atoms with Crippen LogP contribution < -0.4 is 11.1 Å². The quantitative estimate of drug-likeness (QED) is 0.829. The predicted octanol–water partition coefficient (Wildman–Crippen LogP) is 2.79. The number of nitrogens with two attached hydrogens (primary N) is 1. The highest BCUT2D eigenvalue weighted by molar-refractivity contribution is 5.93. The first-order valence-electron chi connectivity index (χ1n) is 7.34. The fourth-order valence-electron chi connectivity index (χ4n) is 2.84. The van der Waals surface area contributed by atoms with Crippen LogP contribution in [0.1, 0.15) is 56.4 Å². The van der Waals surface area contributed by atoms with Crippen molar-refractivity contribution in [2.75, 3.05) is 12.3 Å². The third-order valence-corrected chi connectivity index (χ3v) is 4.40. The number of nitrogen functional groups attached to an aromatic ring is 1. The first kappa shape index (κ1) is 14.0. The molecule has 1 aromatic heterocycles. The normalized spacial score (nSPS) is 16.9. The SMILES string of the molecule is CCCn1cc(N)cc1C(=O)NCC1(CC)CCC1. The highest BCUT2D eigenvalue weighted by atomic mass is 16.1. The Morgan fingerprint density at radius 3 is 2.74 bits per heavy atom. The smallest absolute Gasteiger partial charge is 0.268 e. The molecule has 1 amide bonds. The minimum atomic E-state index is 0.00451. The molecule has 1 saturated carbocycles. The lowest BCUT2D eigenvalue weighted by Crippen LogP contribution is -2.42. The van der Waals surface area contributed by atoms with Crippen molar-refractivity contribution in [1.82, 2.24) is 9.88 Å². The molecule has 0 radical (unpaired) electrons. The standard InChI is InChI=1S/C15H25N3O/c1-3-8-18-10-12(16)9-13(18)14(19)17-11-15(4-2)6-5-7-15/h9-10H,3-8,11,16H2,1-2H3,(H,17,19). The van der Waals surface area contributed by atoms with Crippen LogP contribution in [-0.4, -0.2) is 17.0 Å². The van der Waals surface area contributed by atoms with Crippen LogP contribution in [0.3, 0.4) is 0 Å². The molecule has 4 heteroatoms. The summed E-state index contributed by atoms with van der Waals surface area (Å²) in [5.41, 5.74) is 7.49. The fourth-order valence-corrected chi connectivity index (χ4v) is 2.84. The minimum Gasteiger partial charge on any atom is -0.397 e. The second kappa shape index (κ2) is 5.68. The van der Waals surface area contributed by atoms with Gasteiger partial charge >= 0.3 is 0 Å². The Morgan fingerprint density at radius 1 is 1.47 bits per heavy atom. The van der Waals surface area contributed by atoms with E-state index in [9.17, 15) is 4.79 Å². The first-order chi connectivity index (χ1) is 9.10. The molecule has 0 aromatic carbocycles.